The summed E-state index contributed by atoms with van der Waals surface area (Å²) < 4.78 is 1.83. The highest BCUT2D eigenvalue weighted by Crippen LogP contribution is 2.26. The Bertz CT molecular complexity index is 1640. The Kier molecular flexibility index (Phi) is 6.51. The molecule has 0 fully saturated rings. The second-order valence-corrected chi connectivity index (χ2v) is 8.80. The minimum Gasteiger partial charge on any atom is -0.384 e. The van der Waals surface area contributed by atoms with Crippen LogP contribution in [0.15, 0.2) is 71.9 Å². The van der Waals surface area contributed by atoms with Crippen molar-refractivity contribution in [1.29, 1.82) is 0 Å². The first-order chi connectivity index (χ1) is 17.9. The van der Waals surface area contributed by atoms with Gasteiger partial charge >= 0.3 is 0 Å². The van der Waals surface area contributed by atoms with Gasteiger partial charge in [-0.15, -0.1) is 0 Å². The third-order valence-corrected chi connectivity index (χ3v) is 6.26. The minimum atomic E-state index is -0.210. The summed E-state index contributed by atoms with van der Waals surface area (Å²) in [5, 5.41) is 3.40. The first-order valence-electron chi connectivity index (χ1n) is 12.0. The number of nitrogens with zero attached hydrogens (tertiary/aromatic N) is 4. The molecule has 4 aromatic heterocycles. The lowest BCUT2D eigenvalue weighted by atomic mass is 10.1. The van der Waals surface area contributed by atoms with Crippen molar-refractivity contribution in [3.63, 3.8) is 0 Å². The second-order valence-electron chi connectivity index (χ2n) is 8.80. The fraction of sp³-hybridized carbons (Fsp3) is 0.179. The molecule has 4 N–H and O–H groups in total. The van der Waals surface area contributed by atoms with Gasteiger partial charge in [-0.3, -0.25) is 14.6 Å². The van der Waals surface area contributed by atoms with Gasteiger partial charge in [0.15, 0.2) is 0 Å². The lowest BCUT2D eigenvalue weighted by molar-refractivity contribution is -0.120. The number of pyridine rings is 3. The van der Waals surface area contributed by atoms with Crippen molar-refractivity contribution in [2.75, 3.05) is 5.73 Å². The Morgan fingerprint density at radius 1 is 1.03 bits per heavy atom. The number of nitrogens with two attached hydrogens (primary N) is 1. The number of anilines is 1. The average Bonchev–Trinajstić information content (AvgIpc) is 3.34. The number of H-pyrrole nitrogens is 1. The summed E-state index contributed by atoms with van der Waals surface area (Å²) in [6, 6.07) is 15.0. The summed E-state index contributed by atoms with van der Waals surface area (Å²) >= 11 is 0. The number of aromatic nitrogens is 5. The zero-order chi connectivity index (χ0) is 25.9. The highest BCUT2D eigenvalue weighted by Gasteiger charge is 2.19. The van der Waals surface area contributed by atoms with Crippen LogP contribution in [0.5, 0.6) is 0 Å². The summed E-state index contributed by atoms with van der Waals surface area (Å²) in [5.41, 5.74) is 11.4. The highest BCUT2D eigenvalue weighted by atomic mass is 16.1. The molecular weight excluding hydrogens is 466 g/mol. The number of carbonyl (C=O) groups excluding carboxylic acids is 1. The largest absolute Gasteiger partial charge is 0.384 e. The lowest BCUT2D eigenvalue weighted by Gasteiger charge is -2.15. The topological polar surface area (TPSA) is 132 Å². The number of aryl methyl sites for hydroxylation is 2. The van der Waals surface area contributed by atoms with Crippen LogP contribution in [0.4, 0.5) is 5.82 Å². The van der Waals surface area contributed by atoms with Gasteiger partial charge in [0.05, 0.1) is 23.2 Å². The normalized spacial score (nSPS) is 11.1. The summed E-state index contributed by atoms with van der Waals surface area (Å²) in [4.78, 5) is 41.9. The van der Waals surface area contributed by atoms with Crippen LogP contribution in [0.3, 0.4) is 0 Å². The van der Waals surface area contributed by atoms with Crippen LogP contribution in [0, 0.1) is 6.92 Å². The van der Waals surface area contributed by atoms with E-state index in [9.17, 15) is 9.59 Å². The van der Waals surface area contributed by atoms with Crippen molar-refractivity contribution in [3.8, 4) is 22.6 Å². The van der Waals surface area contributed by atoms with Crippen LogP contribution in [-0.4, -0.2) is 30.4 Å². The maximum Gasteiger partial charge on any atom is 0.224 e. The van der Waals surface area contributed by atoms with E-state index in [1.807, 2.05) is 60.9 Å². The Hall–Kier alpha value is -4.79. The van der Waals surface area contributed by atoms with Gasteiger partial charge in [-0.1, -0.05) is 24.3 Å². The zero-order valence-electron chi connectivity index (χ0n) is 20.7. The van der Waals surface area contributed by atoms with Crippen molar-refractivity contribution in [2.45, 2.75) is 33.4 Å². The molecular formula is C28H27N7O2. The van der Waals surface area contributed by atoms with Crippen LogP contribution >= 0.6 is 0 Å². The zero-order valence-corrected chi connectivity index (χ0v) is 20.7. The number of nitrogens with one attached hydrogen (secondary N) is 2. The summed E-state index contributed by atoms with van der Waals surface area (Å²) in [6.07, 6.45) is 5.42. The number of aromatic amines is 1. The molecule has 9 nitrogen and oxygen atoms in total. The van der Waals surface area contributed by atoms with Gasteiger partial charge in [0.2, 0.25) is 11.3 Å². The van der Waals surface area contributed by atoms with Crippen molar-refractivity contribution in [2.24, 2.45) is 0 Å². The van der Waals surface area contributed by atoms with E-state index in [1.54, 1.807) is 24.7 Å². The van der Waals surface area contributed by atoms with E-state index in [1.165, 1.54) is 0 Å². The first-order valence-corrected chi connectivity index (χ1v) is 12.0. The highest BCUT2D eigenvalue weighted by molar-refractivity contribution is 5.87. The van der Waals surface area contributed by atoms with Crippen molar-refractivity contribution < 1.29 is 4.79 Å². The van der Waals surface area contributed by atoms with Crippen LogP contribution in [0.25, 0.3) is 33.7 Å². The molecule has 5 rings (SSSR count). The fourth-order valence-corrected chi connectivity index (χ4v) is 4.33. The predicted octanol–water partition coefficient (Wildman–Crippen LogP) is 3.62. The Morgan fingerprint density at radius 3 is 2.46 bits per heavy atom. The van der Waals surface area contributed by atoms with E-state index < -0.39 is 0 Å². The molecule has 0 radical (unpaired) electrons. The average molecular weight is 494 g/mol. The van der Waals surface area contributed by atoms with Crippen molar-refractivity contribution in [3.05, 3.63) is 94.2 Å². The summed E-state index contributed by atoms with van der Waals surface area (Å²) in [5.74, 6) is 0.721. The number of amides is 1. The number of imidazole rings is 1. The molecule has 186 valence electrons. The third kappa shape index (κ3) is 4.84. The Labute approximate surface area is 213 Å². The molecule has 4 heterocycles. The molecule has 0 saturated carbocycles. The first kappa shape index (κ1) is 23.9. The maximum absolute atomic E-state index is 13.3. The monoisotopic (exact) mass is 493 g/mol. The fourth-order valence-electron chi connectivity index (χ4n) is 4.33. The molecule has 0 unspecified atom stereocenters. The van der Waals surface area contributed by atoms with E-state index in [2.05, 4.69) is 20.3 Å². The number of hydrogen-bond acceptors (Lipinski definition) is 6. The standard InChI is InChI=1S/C28H27N7O2/c1-3-35-26(29)24(27-32-15-17(2)33-27)25(37)21-8-9-22(34-28(21)35)20-6-4-18(5-7-20)14-23(36)31-16-19-10-12-30-13-11-19/h4-13,15H,3,14,16,29H2,1-2H3,(H,31,36)(H,32,33). The number of rotatable bonds is 7. The summed E-state index contributed by atoms with van der Waals surface area (Å²) in [7, 11) is 0. The molecule has 0 saturated heterocycles. The van der Waals surface area contributed by atoms with E-state index in [0.717, 1.165) is 22.4 Å². The van der Waals surface area contributed by atoms with Crippen LogP contribution in [-0.2, 0) is 24.3 Å². The molecule has 0 bridgehead atoms. The number of carbonyl (C=O) groups is 1. The van der Waals surface area contributed by atoms with Gasteiger partial charge in [-0.2, -0.15) is 0 Å². The molecule has 0 spiro atoms. The van der Waals surface area contributed by atoms with E-state index in [-0.39, 0.29) is 17.8 Å². The van der Waals surface area contributed by atoms with Crippen LogP contribution < -0.4 is 16.5 Å². The molecule has 5 aromatic rings. The van der Waals surface area contributed by atoms with Crippen molar-refractivity contribution in [1.82, 2.24) is 29.8 Å². The predicted molar refractivity (Wildman–Crippen MR) is 144 cm³/mol. The number of fused-ring (bicyclic) bond motifs is 1. The Balaban J connectivity index is 1.40. The molecule has 0 aliphatic rings. The van der Waals surface area contributed by atoms with Crippen LogP contribution in [0.1, 0.15) is 23.7 Å². The smallest absolute Gasteiger partial charge is 0.224 e. The number of nitrogen functional groups attached to an aromatic ring is 1. The number of hydrogen-bond donors (Lipinski definition) is 3. The van der Waals surface area contributed by atoms with Gasteiger partial charge in [0.25, 0.3) is 0 Å². The SMILES string of the molecule is CCn1c(N)c(-c2nc(C)c[nH]2)c(=O)c2ccc(-c3ccc(CC(=O)NCc4ccncc4)cc3)nc21. The van der Waals surface area contributed by atoms with Gasteiger partial charge in [-0.05, 0) is 49.2 Å². The molecule has 9 heteroatoms. The van der Waals surface area contributed by atoms with Gasteiger partial charge in [0.1, 0.15) is 22.9 Å². The minimum absolute atomic E-state index is 0.0571. The van der Waals surface area contributed by atoms with Crippen molar-refractivity contribution >= 4 is 22.8 Å². The molecule has 1 amide bonds. The Morgan fingerprint density at radius 2 is 1.78 bits per heavy atom. The van der Waals surface area contributed by atoms with E-state index in [4.69, 9.17) is 10.7 Å². The molecule has 0 aliphatic heterocycles. The van der Waals surface area contributed by atoms with Gasteiger partial charge < -0.3 is 20.6 Å². The lowest BCUT2D eigenvalue weighted by Crippen LogP contribution is -2.24. The maximum atomic E-state index is 13.3. The third-order valence-electron chi connectivity index (χ3n) is 6.26. The molecule has 0 aliphatic carbocycles. The molecule has 0 atom stereocenters. The van der Waals surface area contributed by atoms with Gasteiger partial charge in [-0.25, -0.2) is 9.97 Å². The van der Waals surface area contributed by atoms with Crippen LogP contribution in [0.2, 0.25) is 0 Å². The number of benzene rings is 1. The van der Waals surface area contributed by atoms with E-state index >= 15 is 0 Å². The van der Waals surface area contributed by atoms with Gasteiger partial charge in [0, 0.05) is 37.2 Å². The quantitative estimate of drug-likeness (QED) is 0.317. The van der Waals surface area contributed by atoms with E-state index in [0.29, 0.717) is 47.0 Å². The molecule has 37 heavy (non-hydrogen) atoms. The second kappa shape index (κ2) is 10.1. The molecule has 1 aromatic carbocycles. The summed E-state index contributed by atoms with van der Waals surface area (Å²) in [6.45, 7) is 4.81.